The molecular weight excluding hydrogens is 751 g/mol. The molecule has 6 rings (SSSR count). The normalized spacial score (nSPS) is 12.6. The third-order valence-corrected chi connectivity index (χ3v) is 9.13. The number of carbonyl (C=O) groups is 3. The molecule has 54 heavy (non-hydrogen) atoms. The van der Waals surface area contributed by atoms with Gasteiger partial charge in [-0.1, -0.05) is 54.1 Å². The second-order valence-corrected chi connectivity index (χ2v) is 13.2. The predicted molar refractivity (Wildman–Crippen MR) is 194 cm³/mol. The van der Waals surface area contributed by atoms with Crippen molar-refractivity contribution in [3.05, 3.63) is 112 Å². The number of aliphatic carboxylic acids is 1. The number of ether oxygens (including phenoxy) is 2. The molecule has 1 amide bonds. The number of anilines is 1. The SMILES string of the molecule is Cc1ccn(-c2cc(Cl)ccc2[C@@H](Oc2nc(N)nc3c(-c4ccc(C[C@H](N)C(=O)Oc5ccccc5C(=O)NCC(=O)O)cc4)csc23)C(F)(F)F)n1. The van der Waals surface area contributed by atoms with Crippen LogP contribution in [0.1, 0.15) is 33.3 Å². The number of nitrogens with zero attached hydrogens (tertiary/aromatic N) is 4. The second kappa shape index (κ2) is 15.5. The van der Waals surface area contributed by atoms with Gasteiger partial charge in [-0.05, 0) is 54.8 Å². The van der Waals surface area contributed by atoms with Crippen molar-refractivity contribution in [2.45, 2.75) is 31.7 Å². The fourth-order valence-electron chi connectivity index (χ4n) is 5.43. The second-order valence-electron chi connectivity index (χ2n) is 11.9. The standard InChI is InChI=1S/C36H29ClF3N7O6S/c1-18-12-13-47(46-18)26-15-21(37)10-11-22(26)31(36(38,39)40)53-33-30-29(44-35(42)45-33)24(17-54-30)20-8-6-19(7-9-20)14-25(41)34(51)52-27-5-3-2-4-23(27)32(50)43-16-28(48)49/h2-13,15,17,25,31H,14,16,41H2,1H3,(H,43,50)(H,48,49)(H2,42,44,45)/t25-,31+/m0/s1. The number of aromatic nitrogens is 4. The maximum Gasteiger partial charge on any atom is 0.429 e. The predicted octanol–water partition coefficient (Wildman–Crippen LogP) is 6.06. The van der Waals surface area contributed by atoms with E-state index in [4.69, 9.17) is 37.6 Å². The summed E-state index contributed by atoms with van der Waals surface area (Å²) in [5.41, 5.74) is 14.6. The van der Waals surface area contributed by atoms with E-state index in [1.54, 1.807) is 42.6 Å². The Balaban J connectivity index is 1.21. The summed E-state index contributed by atoms with van der Waals surface area (Å²) in [6.45, 7) is 1.08. The molecule has 2 atom stereocenters. The van der Waals surface area contributed by atoms with Gasteiger partial charge in [0.2, 0.25) is 17.9 Å². The fraction of sp³-hybridized carbons (Fsp3) is 0.167. The highest BCUT2D eigenvalue weighted by Crippen LogP contribution is 2.44. The highest BCUT2D eigenvalue weighted by molar-refractivity contribution is 7.18. The summed E-state index contributed by atoms with van der Waals surface area (Å²) in [5.74, 6) is -3.57. The van der Waals surface area contributed by atoms with E-state index in [9.17, 15) is 27.6 Å². The Labute approximate surface area is 313 Å². The summed E-state index contributed by atoms with van der Waals surface area (Å²) in [4.78, 5) is 44.5. The smallest absolute Gasteiger partial charge is 0.429 e. The van der Waals surface area contributed by atoms with Crippen LogP contribution in [-0.4, -0.2) is 61.5 Å². The Kier molecular flexibility index (Phi) is 10.8. The number of carboxylic acids is 1. The van der Waals surface area contributed by atoms with E-state index in [1.165, 1.54) is 53.3 Å². The monoisotopic (exact) mass is 779 g/mol. The number of para-hydroxylation sites is 1. The number of nitrogens with two attached hydrogens (primary N) is 2. The van der Waals surface area contributed by atoms with E-state index < -0.39 is 42.7 Å². The first kappa shape index (κ1) is 37.7. The first-order chi connectivity index (χ1) is 25.7. The summed E-state index contributed by atoms with van der Waals surface area (Å²) >= 11 is 7.25. The van der Waals surface area contributed by atoms with Crippen molar-refractivity contribution >= 4 is 56.9 Å². The quantitative estimate of drug-likeness (QED) is 0.0832. The number of aryl methyl sites for hydroxylation is 1. The van der Waals surface area contributed by atoms with Gasteiger partial charge in [0.25, 0.3) is 5.91 Å². The molecule has 0 saturated heterocycles. The van der Waals surface area contributed by atoms with Gasteiger partial charge in [-0.2, -0.15) is 23.3 Å². The number of alkyl halides is 3. The number of nitrogens with one attached hydrogen (secondary N) is 1. The average Bonchev–Trinajstić information content (AvgIpc) is 3.76. The minimum Gasteiger partial charge on any atom is -0.480 e. The number of esters is 1. The number of thiophene rings is 1. The Morgan fingerprint density at radius 3 is 2.48 bits per heavy atom. The van der Waals surface area contributed by atoms with Crippen LogP contribution in [0.2, 0.25) is 5.02 Å². The van der Waals surface area contributed by atoms with Crippen molar-refractivity contribution in [3.63, 3.8) is 0 Å². The summed E-state index contributed by atoms with van der Waals surface area (Å²) in [7, 11) is 0. The van der Waals surface area contributed by atoms with Crippen molar-refractivity contribution in [2.24, 2.45) is 5.73 Å². The van der Waals surface area contributed by atoms with Crippen LogP contribution >= 0.6 is 22.9 Å². The highest BCUT2D eigenvalue weighted by Gasteiger charge is 2.45. The first-order valence-electron chi connectivity index (χ1n) is 15.9. The molecule has 0 saturated carbocycles. The van der Waals surface area contributed by atoms with Gasteiger partial charge < -0.3 is 31.4 Å². The third kappa shape index (κ3) is 8.43. The van der Waals surface area contributed by atoms with Gasteiger partial charge in [-0.15, -0.1) is 11.3 Å². The minimum absolute atomic E-state index is 0.0439. The topological polar surface area (TPSA) is 198 Å². The van der Waals surface area contributed by atoms with E-state index in [2.05, 4.69) is 20.4 Å². The molecule has 0 bridgehead atoms. The zero-order valence-corrected chi connectivity index (χ0v) is 29.6. The number of carbonyl (C=O) groups excluding carboxylic acids is 2. The zero-order valence-electron chi connectivity index (χ0n) is 28.0. The fourth-order valence-corrected chi connectivity index (χ4v) is 6.55. The van der Waals surface area contributed by atoms with Crippen molar-refractivity contribution in [1.29, 1.82) is 0 Å². The summed E-state index contributed by atoms with van der Waals surface area (Å²) in [6, 6.07) is 17.1. The van der Waals surface area contributed by atoms with Crippen molar-refractivity contribution in [3.8, 4) is 28.4 Å². The Hall–Kier alpha value is -6.04. The molecule has 0 aliphatic heterocycles. The molecule has 18 heteroatoms. The van der Waals surface area contributed by atoms with Crippen LogP contribution in [0.5, 0.6) is 11.6 Å². The van der Waals surface area contributed by atoms with Gasteiger partial charge >= 0.3 is 18.1 Å². The number of hydrogen-bond donors (Lipinski definition) is 4. The van der Waals surface area contributed by atoms with Crippen LogP contribution in [0, 0.1) is 6.92 Å². The van der Waals surface area contributed by atoms with E-state index in [1.807, 2.05) is 0 Å². The number of nitrogen functional groups attached to an aromatic ring is 1. The Morgan fingerprint density at radius 1 is 1.06 bits per heavy atom. The highest BCUT2D eigenvalue weighted by atomic mass is 35.5. The molecule has 6 N–H and O–H groups in total. The van der Waals surface area contributed by atoms with Crippen LogP contribution in [0.15, 0.2) is 84.4 Å². The molecule has 278 valence electrons. The number of halogens is 4. The van der Waals surface area contributed by atoms with Gasteiger partial charge in [0, 0.05) is 27.7 Å². The van der Waals surface area contributed by atoms with Gasteiger partial charge in [0.05, 0.1) is 22.5 Å². The molecular formula is C36H29ClF3N7O6S. The molecule has 3 aromatic carbocycles. The minimum atomic E-state index is -4.89. The van der Waals surface area contributed by atoms with Gasteiger partial charge in [-0.25, -0.2) is 14.5 Å². The lowest BCUT2D eigenvalue weighted by molar-refractivity contribution is -0.198. The maximum atomic E-state index is 14.7. The molecule has 13 nitrogen and oxygen atoms in total. The molecule has 3 aromatic heterocycles. The number of rotatable bonds is 12. The van der Waals surface area contributed by atoms with Crippen LogP contribution in [0.4, 0.5) is 19.1 Å². The molecule has 0 spiro atoms. The molecule has 6 aromatic rings. The number of fused-ring (bicyclic) bond motifs is 1. The van der Waals surface area contributed by atoms with Gasteiger partial charge in [0.15, 0.2) is 0 Å². The molecule has 0 aliphatic carbocycles. The van der Waals surface area contributed by atoms with E-state index >= 15 is 0 Å². The molecule has 0 fully saturated rings. The number of hydrogen-bond acceptors (Lipinski definition) is 11. The van der Waals surface area contributed by atoms with Crippen LogP contribution in [0.25, 0.3) is 27.0 Å². The average molecular weight is 780 g/mol. The van der Waals surface area contributed by atoms with Gasteiger partial charge in [-0.3, -0.25) is 9.59 Å². The van der Waals surface area contributed by atoms with Crippen molar-refractivity contribution < 1.29 is 42.1 Å². The van der Waals surface area contributed by atoms with Crippen molar-refractivity contribution in [1.82, 2.24) is 25.1 Å². The van der Waals surface area contributed by atoms with E-state index in [-0.39, 0.29) is 56.1 Å². The number of benzene rings is 3. The van der Waals surface area contributed by atoms with Crippen molar-refractivity contribution in [2.75, 3.05) is 12.3 Å². The Bertz CT molecular complexity index is 2370. The lowest BCUT2D eigenvalue weighted by atomic mass is 10.0. The van der Waals surface area contributed by atoms with E-state index in [0.717, 1.165) is 11.3 Å². The lowest BCUT2D eigenvalue weighted by Gasteiger charge is -2.24. The number of carboxylic acid groups (broad SMARTS) is 1. The zero-order chi connectivity index (χ0) is 38.7. The summed E-state index contributed by atoms with van der Waals surface area (Å²) < 4.78 is 56.7. The number of amides is 1. The lowest BCUT2D eigenvalue weighted by Crippen LogP contribution is -2.37. The Morgan fingerprint density at radius 2 is 1.80 bits per heavy atom. The largest absolute Gasteiger partial charge is 0.480 e. The molecule has 0 aliphatic rings. The van der Waals surface area contributed by atoms with Crippen LogP contribution in [0.3, 0.4) is 0 Å². The molecule has 0 radical (unpaired) electrons. The van der Waals surface area contributed by atoms with Crippen LogP contribution in [-0.2, 0) is 16.0 Å². The third-order valence-electron chi connectivity index (χ3n) is 7.94. The van der Waals surface area contributed by atoms with Crippen LogP contribution < -0.4 is 26.3 Å². The summed E-state index contributed by atoms with van der Waals surface area (Å²) in [5, 5.41) is 17.2. The van der Waals surface area contributed by atoms with Gasteiger partial charge in [0.1, 0.15) is 23.0 Å². The maximum absolute atomic E-state index is 14.7. The van der Waals surface area contributed by atoms with E-state index in [0.29, 0.717) is 22.4 Å². The molecule has 3 heterocycles. The summed E-state index contributed by atoms with van der Waals surface area (Å²) in [6.07, 6.45) is -5.80. The first-order valence-corrected chi connectivity index (χ1v) is 17.2. The molecule has 0 unspecified atom stereocenters.